The van der Waals surface area contributed by atoms with Crippen LogP contribution >= 0.6 is 0 Å². The third-order valence-corrected chi connectivity index (χ3v) is 13.2. The molecular weight excluding hydrogens is 1040 g/mol. The molecule has 0 unspecified atom stereocenters. The number of nitrogens with zero attached hydrogens (tertiary/aromatic N) is 4. The number of fused-ring (bicyclic) bond motifs is 2. The van der Waals surface area contributed by atoms with Crippen molar-refractivity contribution in [2.45, 2.75) is 91.9 Å². The predicted octanol–water partition coefficient (Wildman–Crippen LogP) is 16.3. The standard InChI is InChI=1S/C64H60N4O.Pt/c1-42(2)52-27-21-28-53(43(3)4)61(52)68-57-32-18-17-31-56(57)65-62(68)46-35-47(63(5,6)7)38-50(36-46)69-51-39-48(64(8,9)10)37-49(40-51)66-41-67(59-34-20-19-33-58(59)66)60-54(44-23-13-11-14-24-44)29-22-30-55(60)45-25-15-12-16-26-45;/h11-35,37-39,42-43H,1-10H3;/q-2;. The van der Waals surface area contributed by atoms with Crippen LogP contribution in [-0.2, 0) is 31.9 Å². The summed E-state index contributed by atoms with van der Waals surface area (Å²) in [5.41, 5.74) is 16.8. The van der Waals surface area contributed by atoms with Crippen LogP contribution in [0.3, 0.4) is 0 Å². The van der Waals surface area contributed by atoms with E-state index in [0.717, 1.165) is 78.2 Å². The Kier molecular flexibility index (Phi) is 13.2. The molecule has 354 valence electrons. The van der Waals surface area contributed by atoms with E-state index in [0.29, 0.717) is 23.3 Å². The van der Waals surface area contributed by atoms with Crippen LogP contribution in [0.2, 0.25) is 0 Å². The van der Waals surface area contributed by atoms with Gasteiger partial charge >= 0.3 is 0 Å². The summed E-state index contributed by atoms with van der Waals surface area (Å²) in [6, 6.07) is 67.8. The van der Waals surface area contributed by atoms with Crippen molar-refractivity contribution < 1.29 is 30.4 Å². The first kappa shape index (κ1) is 48.2. The molecule has 0 N–H and O–H groups in total. The predicted molar refractivity (Wildman–Crippen MR) is 284 cm³/mol. The second-order valence-corrected chi connectivity index (χ2v) is 20.9. The topological polar surface area (TPSA) is 35.9 Å². The summed E-state index contributed by atoms with van der Waals surface area (Å²) in [5.74, 6) is 2.62. The number of rotatable bonds is 10. The molecule has 0 bridgehead atoms. The monoisotopic (exact) mass is 1100 g/mol. The summed E-state index contributed by atoms with van der Waals surface area (Å²) in [5, 5.41) is 0. The zero-order valence-electron chi connectivity index (χ0n) is 41.8. The van der Waals surface area contributed by atoms with Crippen LogP contribution in [0.25, 0.3) is 72.8 Å². The van der Waals surface area contributed by atoms with Gasteiger partial charge in [0.25, 0.3) is 6.33 Å². The second kappa shape index (κ2) is 19.2. The van der Waals surface area contributed by atoms with Crippen molar-refractivity contribution in [3.63, 3.8) is 0 Å². The molecule has 2 heterocycles. The fourth-order valence-corrected chi connectivity index (χ4v) is 9.50. The minimum atomic E-state index is -0.216. The molecule has 5 nitrogen and oxygen atoms in total. The van der Waals surface area contributed by atoms with Crippen LogP contribution < -0.4 is 9.30 Å². The molecule has 0 fully saturated rings. The van der Waals surface area contributed by atoms with E-state index < -0.39 is 0 Å². The smallest absolute Gasteiger partial charge is 0.268 e. The van der Waals surface area contributed by atoms with Gasteiger partial charge in [0.15, 0.2) is 0 Å². The molecule has 0 aliphatic carbocycles. The van der Waals surface area contributed by atoms with Crippen LogP contribution in [0.4, 0.5) is 0 Å². The summed E-state index contributed by atoms with van der Waals surface area (Å²) in [4.78, 5) is 5.40. The molecule has 10 aromatic rings. The Balaban J connectivity index is 0.00000608. The Hall–Kier alpha value is -6.81. The van der Waals surface area contributed by atoms with Crippen LogP contribution in [0.15, 0.2) is 170 Å². The van der Waals surface area contributed by atoms with Crippen molar-refractivity contribution in [3.8, 4) is 62.2 Å². The zero-order chi connectivity index (χ0) is 48.2. The maximum absolute atomic E-state index is 7.09. The summed E-state index contributed by atoms with van der Waals surface area (Å²) in [7, 11) is 0. The van der Waals surface area contributed by atoms with Crippen molar-refractivity contribution in [2.24, 2.45) is 0 Å². The Bertz CT molecular complexity index is 3410. The minimum Gasteiger partial charge on any atom is -0.503 e. The van der Waals surface area contributed by atoms with Crippen molar-refractivity contribution in [2.75, 3.05) is 0 Å². The largest absolute Gasteiger partial charge is 0.503 e. The molecule has 0 aliphatic heterocycles. The van der Waals surface area contributed by atoms with Gasteiger partial charge in [0.1, 0.15) is 0 Å². The molecule has 0 saturated heterocycles. The van der Waals surface area contributed by atoms with Gasteiger partial charge in [0.2, 0.25) is 0 Å². The van der Waals surface area contributed by atoms with Crippen molar-refractivity contribution >= 4 is 22.1 Å². The maximum atomic E-state index is 7.09. The van der Waals surface area contributed by atoms with E-state index in [1.807, 2.05) is 0 Å². The number of aromatic nitrogens is 4. The van der Waals surface area contributed by atoms with Crippen LogP contribution in [0, 0.1) is 18.5 Å². The summed E-state index contributed by atoms with van der Waals surface area (Å²) >= 11 is 0. The molecule has 0 radical (unpaired) electrons. The Labute approximate surface area is 428 Å². The van der Waals surface area contributed by atoms with Gasteiger partial charge in [-0.1, -0.05) is 215 Å². The number of para-hydroxylation sites is 6. The van der Waals surface area contributed by atoms with Gasteiger partial charge in [-0.2, -0.15) is 11.6 Å². The molecule has 10 rings (SSSR count). The van der Waals surface area contributed by atoms with Crippen LogP contribution in [-0.4, -0.2) is 14.1 Å². The minimum absolute atomic E-state index is 0. The van der Waals surface area contributed by atoms with E-state index in [2.05, 4.69) is 271 Å². The Morgan fingerprint density at radius 2 is 1.04 bits per heavy atom. The second-order valence-electron chi connectivity index (χ2n) is 20.9. The summed E-state index contributed by atoms with van der Waals surface area (Å²) < 4.78 is 13.8. The van der Waals surface area contributed by atoms with Gasteiger partial charge < -0.3 is 13.9 Å². The molecule has 0 spiro atoms. The number of imidazole rings is 2. The normalized spacial score (nSPS) is 12.0. The fraction of sp³-hybridized carbons (Fsp3) is 0.219. The summed E-state index contributed by atoms with van der Waals surface area (Å²) in [6.45, 7) is 22.6. The van der Waals surface area contributed by atoms with Crippen molar-refractivity contribution in [1.29, 1.82) is 0 Å². The molecular formula is C64H60N4OPt-2. The van der Waals surface area contributed by atoms with Gasteiger partial charge in [-0.05, 0) is 73.9 Å². The average Bonchev–Trinajstić information content (AvgIpc) is 3.93. The molecule has 0 saturated carbocycles. The number of benzene rings is 8. The molecule has 2 aromatic heterocycles. The van der Waals surface area contributed by atoms with Crippen LogP contribution in [0.1, 0.15) is 103 Å². The zero-order valence-corrected chi connectivity index (χ0v) is 44.1. The van der Waals surface area contributed by atoms with Crippen molar-refractivity contribution in [3.05, 3.63) is 211 Å². The van der Waals surface area contributed by atoms with Crippen LogP contribution in [0.5, 0.6) is 11.5 Å². The van der Waals surface area contributed by atoms with E-state index in [9.17, 15) is 0 Å². The number of ether oxygens (including phenoxy) is 1. The van der Waals surface area contributed by atoms with Gasteiger partial charge in [-0.3, -0.25) is 9.55 Å². The van der Waals surface area contributed by atoms with Gasteiger partial charge in [-0.25, -0.2) is 0 Å². The van der Waals surface area contributed by atoms with E-state index >= 15 is 0 Å². The van der Waals surface area contributed by atoms with E-state index in [1.165, 1.54) is 16.8 Å². The molecule has 8 aromatic carbocycles. The molecule has 0 atom stereocenters. The molecule has 0 amide bonds. The molecule has 6 heteroatoms. The Morgan fingerprint density at radius 3 is 1.63 bits per heavy atom. The number of hydrogen-bond donors (Lipinski definition) is 0. The summed E-state index contributed by atoms with van der Waals surface area (Å²) in [6.07, 6.45) is 3.86. The molecule has 70 heavy (non-hydrogen) atoms. The number of hydrogen-bond acceptors (Lipinski definition) is 2. The Morgan fingerprint density at radius 1 is 0.529 bits per heavy atom. The SMILES string of the molecule is CC(C)c1cccc(C(C)C)c1-n1c(-c2[c-]c(Oc3[c-]c(-[n+]4[c-]n(-c5c(-c6ccccc6)cccc5-c5ccccc5)c5ccccc54)cc(C(C)(C)C)c3)cc(C(C)(C)C)c2)nc2ccccc21.[Pt]. The van der Waals surface area contributed by atoms with E-state index in [1.54, 1.807) is 0 Å². The van der Waals surface area contributed by atoms with Gasteiger partial charge in [-0.15, -0.1) is 29.3 Å². The van der Waals surface area contributed by atoms with E-state index in [-0.39, 0.29) is 31.9 Å². The maximum Gasteiger partial charge on any atom is 0.268 e. The van der Waals surface area contributed by atoms with E-state index in [4.69, 9.17) is 9.72 Å². The fourth-order valence-electron chi connectivity index (χ4n) is 9.50. The quantitative estimate of drug-likeness (QED) is 0.101. The first-order valence-corrected chi connectivity index (χ1v) is 24.3. The van der Waals surface area contributed by atoms with Gasteiger partial charge in [0.05, 0.1) is 33.6 Å². The first-order valence-electron chi connectivity index (χ1n) is 24.3. The third-order valence-electron chi connectivity index (χ3n) is 13.2. The first-order chi connectivity index (χ1) is 33.1. The van der Waals surface area contributed by atoms with Gasteiger partial charge in [0, 0.05) is 38.3 Å². The molecule has 0 aliphatic rings. The average molecular weight is 1100 g/mol. The third kappa shape index (κ3) is 9.20. The van der Waals surface area contributed by atoms with Crippen molar-refractivity contribution in [1.82, 2.24) is 14.1 Å².